The van der Waals surface area contributed by atoms with Crippen LogP contribution in [0.5, 0.6) is 0 Å². The zero-order valence-electron chi connectivity index (χ0n) is 14.2. The summed E-state index contributed by atoms with van der Waals surface area (Å²) in [6.45, 7) is 2.10. The van der Waals surface area contributed by atoms with Crippen LogP contribution in [-0.4, -0.2) is 82.5 Å². The van der Waals surface area contributed by atoms with Gasteiger partial charge in [-0.2, -0.15) is 0 Å². The third-order valence-corrected chi connectivity index (χ3v) is 5.52. The molecule has 4 atom stereocenters. The van der Waals surface area contributed by atoms with Gasteiger partial charge in [-0.05, 0) is 30.9 Å². The van der Waals surface area contributed by atoms with Crippen molar-refractivity contribution in [3.8, 4) is 0 Å². The second kappa shape index (κ2) is 7.97. The zero-order chi connectivity index (χ0) is 18.0. The number of nitrogens with zero attached hydrogens (tertiary/aromatic N) is 2. The summed E-state index contributed by atoms with van der Waals surface area (Å²) in [6, 6.07) is 6.20. The molecule has 0 amide bonds. The lowest BCUT2D eigenvalue weighted by atomic mass is 9.90. The Morgan fingerprint density at radius 2 is 1.72 bits per heavy atom. The Labute approximate surface area is 147 Å². The molecule has 140 valence electrons. The van der Waals surface area contributed by atoms with Gasteiger partial charge in [0, 0.05) is 26.2 Å². The minimum atomic E-state index is -1.23. The summed E-state index contributed by atoms with van der Waals surface area (Å²) in [5, 5.41) is 39.3. The van der Waals surface area contributed by atoms with Gasteiger partial charge in [0.05, 0.1) is 24.4 Å². The molecule has 2 aliphatic heterocycles. The van der Waals surface area contributed by atoms with E-state index < -0.39 is 24.4 Å². The fourth-order valence-corrected chi connectivity index (χ4v) is 3.98. The van der Waals surface area contributed by atoms with Gasteiger partial charge in [-0.3, -0.25) is 4.90 Å². The minimum Gasteiger partial charge on any atom is -0.395 e. The molecule has 0 radical (unpaired) electrons. The van der Waals surface area contributed by atoms with E-state index in [1.54, 1.807) is 12.1 Å². The summed E-state index contributed by atoms with van der Waals surface area (Å²) >= 11 is 0. The predicted molar refractivity (Wildman–Crippen MR) is 91.8 cm³/mol. The minimum absolute atomic E-state index is 0.211. The number of likely N-dealkylation sites (tertiary alicyclic amines) is 1. The molecule has 0 saturated carbocycles. The Hall–Kier alpha value is -1.25. The molecule has 1 aromatic rings. The molecule has 0 aromatic heterocycles. The summed E-state index contributed by atoms with van der Waals surface area (Å²) in [4.78, 5) is 3.91. The van der Waals surface area contributed by atoms with Crippen LogP contribution in [0.2, 0.25) is 0 Å². The van der Waals surface area contributed by atoms with Crippen molar-refractivity contribution in [1.29, 1.82) is 0 Å². The highest BCUT2D eigenvalue weighted by Crippen LogP contribution is 2.28. The molecule has 0 aliphatic carbocycles. The number of benzene rings is 1. The van der Waals surface area contributed by atoms with Crippen molar-refractivity contribution in [3.63, 3.8) is 0 Å². The Kier molecular flexibility index (Phi) is 5.91. The fraction of sp³-hybridized carbons (Fsp3) is 0.667. The van der Waals surface area contributed by atoms with Gasteiger partial charge in [0.15, 0.2) is 0 Å². The van der Waals surface area contributed by atoms with Crippen LogP contribution in [-0.2, 0) is 0 Å². The highest BCUT2D eigenvalue weighted by Gasteiger charge is 2.41. The number of halogens is 1. The summed E-state index contributed by atoms with van der Waals surface area (Å²) in [7, 11) is 0. The van der Waals surface area contributed by atoms with Crippen molar-refractivity contribution in [2.24, 2.45) is 5.92 Å². The molecule has 3 rings (SSSR count). The maximum Gasteiger partial charge on any atom is 0.146 e. The fourth-order valence-electron chi connectivity index (χ4n) is 3.98. The lowest BCUT2D eigenvalue weighted by Gasteiger charge is -2.45. The van der Waals surface area contributed by atoms with Gasteiger partial charge in [-0.15, -0.1) is 0 Å². The largest absolute Gasteiger partial charge is 0.395 e. The summed E-state index contributed by atoms with van der Waals surface area (Å²) in [5.74, 6) is 0.129. The van der Waals surface area contributed by atoms with E-state index in [9.17, 15) is 24.8 Å². The normalized spacial score (nSPS) is 32.1. The van der Waals surface area contributed by atoms with E-state index in [-0.39, 0.29) is 19.0 Å². The summed E-state index contributed by atoms with van der Waals surface area (Å²) in [5.41, 5.74) is 0.626. The first-order valence-corrected chi connectivity index (χ1v) is 8.90. The standard InChI is InChI=1S/C18H27FN2O4/c19-13-3-1-2-4-14(13)20-7-5-12(6-8-20)9-21-10-16(23)18(25)17(24)15(21)11-22/h1-4,12,15-18,22-25H,5-11H2/t15-,16-,17+,18+/m0/s1. The number of hydrogen-bond donors (Lipinski definition) is 4. The number of rotatable bonds is 4. The number of aliphatic hydroxyl groups is 4. The highest BCUT2D eigenvalue weighted by molar-refractivity contribution is 5.47. The molecule has 2 fully saturated rings. The first-order chi connectivity index (χ1) is 12.0. The van der Waals surface area contributed by atoms with Gasteiger partial charge in [-0.25, -0.2) is 4.39 Å². The SMILES string of the molecule is OC[C@H]1[C@@H](O)[C@H](O)[C@@H](O)CN1CC1CCN(c2ccccc2F)CC1. The average molecular weight is 354 g/mol. The van der Waals surface area contributed by atoms with Crippen LogP contribution in [0.25, 0.3) is 0 Å². The number of anilines is 1. The molecule has 6 nitrogen and oxygen atoms in total. The second-order valence-corrected chi connectivity index (χ2v) is 7.13. The Morgan fingerprint density at radius 1 is 1.04 bits per heavy atom. The molecule has 2 heterocycles. The number of piperidine rings is 2. The van der Waals surface area contributed by atoms with E-state index in [1.807, 2.05) is 15.9 Å². The quantitative estimate of drug-likeness (QED) is 0.599. The number of β-amino-alcohol motifs (C(OH)–C–C–N with tert-alkyl or cyclic N) is 1. The third-order valence-electron chi connectivity index (χ3n) is 5.52. The summed E-state index contributed by atoms with van der Waals surface area (Å²) in [6.07, 6.45) is -1.66. The van der Waals surface area contributed by atoms with Crippen molar-refractivity contribution in [1.82, 2.24) is 4.90 Å². The van der Waals surface area contributed by atoms with Crippen LogP contribution in [0.15, 0.2) is 24.3 Å². The van der Waals surface area contributed by atoms with Gasteiger partial charge >= 0.3 is 0 Å². The van der Waals surface area contributed by atoms with Crippen LogP contribution in [0.3, 0.4) is 0 Å². The molecule has 2 saturated heterocycles. The maximum atomic E-state index is 13.9. The van der Waals surface area contributed by atoms with Gasteiger partial charge in [0.2, 0.25) is 0 Å². The first-order valence-electron chi connectivity index (χ1n) is 8.90. The number of para-hydroxylation sites is 1. The van der Waals surface area contributed by atoms with E-state index >= 15 is 0 Å². The second-order valence-electron chi connectivity index (χ2n) is 7.13. The van der Waals surface area contributed by atoms with Gasteiger partial charge in [0.1, 0.15) is 18.0 Å². The molecule has 0 spiro atoms. The van der Waals surface area contributed by atoms with E-state index in [4.69, 9.17) is 0 Å². The maximum absolute atomic E-state index is 13.9. The molecule has 7 heteroatoms. The van der Waals surface area contributed by atoms with Gasteiger partial charge in [0.25, 0.3) is 0 Å². The predicted octanol–water partition coefficient (Wildman–Crippen LogP) is -0.199. The Bertz CT molecular complexity index is 568. The molecular formula is C18H27FN2O4. The lowest BCUT2D eigenvalue weighted by Crippen LogP contribution is -2.63. The van der Waals surface area contributed by atoms with Crippen molar-refractivity contribution < 1.29 is 24.8 Å². The molecule has 1 aromatic carbocycles. The number of aliphatic hydroxyl groups excluding tert-OH is 4. The number of hydrogen-bond acceptors (Lipinski definition) is 6. The smallest absolute Gasteiger partial charge is 0.146 e. The van der Waals surface area contributed by atoms with Crippen LogP contribution in [0, 0.1) is 11.7 Å². The van der Waals surface area contributed by atoms with Gasteiger partial charge in [-0.1, -0.05) is 12.1 Å². The average Bonchev–Trinajstić information content (AvgIpc) is 2.61. The topological polar surface area (TPSA) is 87.4 Å². The van der Waals surface area contributed by atoms with Crippen molar-refractivity contribution >= 4 is 5.69 Å². The van der Waals surface area contributed by atoms with Crippen LogP contribution >= 0.6 is 0 Å². The van der Waals surface area contributed by atoms with Crippen molar-refractivity contribution in [2.45, 2.75) is 37.2 Å². The zero-order valence-corrected chi connectivity index (χ0v) is 14.2. The molecule has 0 unspecified atom stereocenters. The molecule has 0 bridgehead atoms. The van der Waals surface area contributed by atoms with Gasteiger partial charge < -0.3 is 25.3 Å². The first kappa shape index (κ1) is 18.5. The van der Waals surface area contributed by atoms with E-state index in [0.717, 1.165) is 25.9 Å². The van der Waals surface area contributed by atoms with E-state index in [2.05, 4.69) is 0 Å². The van der Waals surface area contributed by atoms with Crippen molar-refractivity contribution in [3.05, 3.63) is 30.1 Å². The van der Waals surface area contributed by atoms with Crippen LogP contribution < -0.4 is 4.90 Å². The Balaban J connectivity index is 1.57. The van der Waals surface area contributed by atoms with E-state index in [0.29, 0.717) is 18.2 Å². The molecular weight excluding hydrogens is 327 g/mol. The lowest BCUT2D eigenvalue weighted by molar-refractivity contribution is -0.147. The van der Waals surface area contributed by atoms with Crippen LogP contribution in [0.4, 0.5) is 10.1 Å². The van der Waals surface area contributed by atoms with Crippen LogP contribution in [0.1, 0.15) is 12.8 Å². The Morgan fingerprint density at radius 3 is 2.36 bits per heavy atom. The van der Waals surface area contributed by atoms with Crippen molar-refractivity contribution in [2.75, 3.05) is 37.7 Å². The molecule has 2 aliphatic rings. The molecule has 4 N–H and O–H groups in total. The molecule has 25 heavy (non-hydrogen) atoms. The summed E-state index contributed by atoms with van der Waals surface area (Å²) < 4.78 is 13.9. The highest BCUT2D eigenvalue weighted by atomic mass is 19.1. The van der Waals surface area contributed by atoms with E-state index in [1.165, 1.54) is 6.07 Å². The third kappa shape index (κ3) is 3.96. The monoisotopic (exact) mass is 354 g/mol.